The van der Waals surface area contributed by atoms with Gasteiger partial charge < -0.3 is 11.1 Å². The topological polar surface area (TPSA) is 75.4 Å². The van der Waals surface area contributed by atoms with Crippen molar-refractivity contribution in [3.8, 4) is 0 Å². The van der Waals surface area contributed by atoms with Gasteiger partial charge >= 0.3 is 6.03 Å². The molecule has 0 aliphatic heterocycles. The van der Waals surface area contributed by atoms with Crippen LogP contribution in [0.1, 0.15) is 32.6 Å². The molecule has 5 nitrogen and oxygen atoms in total. The lowest BCUT2D eigenvalue weighted by atomic mass is 10.1. The first kappa shape index (κ1) is 14.4. The summed E-state index contributed by atoms with van der Waals surface area (Å²) in [6, 6.07) is 6.39. The van der Waals surface area contributed by atoms with Crippen molar-refractivity contribution in [3.05, 3.63) is 24.3 Å². The van der Waals surface area contributed by atoms with Crippen molar-refractivity contribution in [2.45, 2.75) is 32.6 Å². The summed E-state index contributed by atoms with van der Waals surface area (Å²) in [6.07, 6.45) is 4.76. The number of rotatable bonds is 3. The molecule has 1 aromatic rings. The van der Waals surface area contributed by atoms with Crippen LogP contribution in [0, 0.1) is 5.92 Å². The first-order valence-corrected chi connectivity index (χ1v) is 7.02. The minimum atomic E-state index is -0.380. The van der Waals surface area contributed by atoms with Crippen LogP contribution in [0.5, 0.6) is 0 Å². The fourth-order valence-corrected chi connectivity index (χ4v) is 2.63. The highest BCUT2D eigenvalue weighted by atomic mass is 16.2. The van der Waals surface area contributed by atoms with Crippen LogP contribution in [0.4, 0.5) is 16.2 Å². The summed E-state index contributed by atoms with van der Waals surface area (Å²) in [5.41, 5.74) is 6.73. The molecule has 1 aliphatic rings. The molecular formula is C15H21N3O2. The van der Waals surface area contributed by atoms with Gasteiger partial charge in [-0.1, -0.05) is 18.9 Å². The Bertz CT molecular complexity index is 496. The molecule has 0 saturated heterocycles. The Balaban J connectivity index is 2.04. The summed E-state index contributed by atoms with van der Waals surface area (Å²) in [7, 11) is 0. The Morgan fingerprint density at radius 1 is 1.35 bits per heavy atom. The maximum atomic E-state index is 12.2. The average molecular weight is 275 g/mol. The van der Waals surface area contributed by atoms with E-state index >= 15 is 0 Å². The van der Waals surface area contributed by atoms with Crippen molar-refractivity contribution in [3.63, 3.8) is 0 Å². The van der Waals surface area contributed by atoms with Gasteiger partial charge in [0.1, 0.15) is 0 Å². The van der Waals surface area contributed by atoms with E-state index in [1.165, 1.54) is 19.8 Å². The first-order valence-electron chi connectivity index (χ1n) is 7.02. The van der Waals surface area contributed by atoms with Crippen LogP contribution in [0.15, 0.2) is 24.3 Å². The summed E-state index contributed by atoms with van der Waals surface area (Å²) in [5, 5.41) is 2.85. The van der Waals surface area contributed by atoms with Crippen LogP contribution in [-0.2, 0) is 4.79 Å². The third-order valence-corrected chi connectivity index (χ3v) is 3.66. The fraction of sp³-hybridized carbons (Fsp3) is 0.467. The molecule has 0 spiro atoms. The lowest BCUT2D eigenvalue weighted by molar-refractivity contribution is -0.115. The van der Waals surface area contributed by atoms with Crippen LogP contribution in [0.3, 0.4) is 0 Å². The molecule has 1 saturated carbocycles. The smallest absolute Gasteiger partial charge is 0.328 e. The minimum Gasteiger partial charge on any atom is -0.399 e. The standard InChI is InChI=1S/C15H21N3O2/c1-11(19)18(14-8-4-7-13(16)9-14)15(20)17-10-12-5-2-3-6-12/h4,7-9,12H,2-3,5-6,10,16H2,1H3,(H,17,20). The highest BCUT2D eigenvalue weighted by molar-refractivity contribution is 6.13. The molecule has 5 heteroatoms. The Kier molecular flexibility index (Phi) is 4.61. The van der Waals surface area contributed by atoms with Crippen LogP contribution in [0.25, 0.3) is 0 Å². The summed E-state index contributed by atoms with van der Waals surface area (Å²) < 4.78 is 0. The van der Waals surface area contributed by atoms with Crippen molar-refractivity contribution < 1.29 is 9.59 Å². The molecule has 0 bridgehead atoms. The highest BCUT2D eigenvalue weighted by Crippen LogP contribution is 2.24. The van der Waals surface area contributed by atoms with E-state index in [-0.39, 0.29) is 11.9 Å². The zero-order valence-electron chi connectivity index (χ0n) is 11.8. The number of nitrogens with one attached hydrogen (secondary N) is 1. The van der Waals surface area contributed by atoms with Crippen molar-refractivity contribution in [1.82, 2.24) is 5.32 Å². The van der Waals surface area contributed by atoms with E-state index in [0.29, 0.717) is 23.8 Å². The lowest BCUT2D eigenvalue weighted by Crippen LogP contribution is -2.44. The number of hydrogen-bond donors (Lipinski definition) is 2. The number of nitrogens with two attached hydrogens (primary N) is 1. The van der Waals surface area contributed by atoms with E-state index in [4.69, 9.17) is 5.73 Å². The normalized spacial score (nSPS) is 15.1. The second kappa shape index (κ2) is 6.41. The van der Waals surface area contributed by atoms with E-state index < -0.39 is 0 Å². The van der Waals surface area contributed by atoms with E-state index in [9.17, 15) is 9.59 Å². The zero-order chi connectivity index (χ0) is 14.5. The molecule has 0 unspecified atom stereocenters. The predicted octanol–water partition coefficient (Wildman–Crippen LogP) is 2.52. The molecule has 0 atom stereocenters. The molecular weight excluding hydrogens is 254 g/mol. The molecule has 20 heavy (non-hydrogen) atoms. The number of nitrogens with zero attached hydrogens (tertiary/aromatic N) is 1. The predicted molar refractivity (Wildman–Crippen MR) is 79.4 cm³/mol. The molecule has 0 radical (unpaired) electrons. The Morgan fingerprint density at radius 3 is 2.65 bits per heavy atom. The van der Waals surface area contributed by atoms with Gasteiger partial charge in [0.05, 0.1) is 5.69 Å². The lowest BCUT2D eigenvalue weighted by Gasteiger charge is -2.21. The van der Waals surface area contributed by atoms with Gasteiger partial charge in [-0.3, -0.25) is 4.79 Å². The zero-order valence-corrected chi connectivity index (χ0v) is 11.8. The molecule has 1 aliphatic carbocycles. The number of anilines is 2. The Morgan fingerprint density at radius 2 is 2.05 bits per heavy atom. The van der Waals surface area contributed by atoms with Gasteiger partial charge in [0, 0.05) is 19.2 Å². The molecule has 2 rings (SSSR count). The summed E-state index contributed by atoms with van der Waals surface area (Å²) in [6.45, 7) is 2.00. The average Bonchev–Trinajstić information content (AvgIpc) is 2.89. The summed E-state index contributed by atoms with van der Waals surface area (Å²) >= 11 is 0. The molecule has 0 heterocycles. The van der Waals surface area contributed by atoms with E-state index in [2.05, 4.69) is 5.32 Å². The second-order valence-corrected chi connectivity index (χ2v) is 5.29. The molecule has 3 N–H and O–H groups in total. The number of carbonyl (C=O) groups is 2. The number of amides is 3. The SMILES string of the molecule is CC(=O)N(C(=O)NCC1CCCC1)c1cccc(N)c1. The number of imide groups is 1. The molecule has 3 amide bonds. The van der Waals surface area contributed by atoms with Gasteiger partial charge in [0.25, 0.3) is 0 Å². The number of carbonyl (C=O) groups excluding carboxylic acids is 2. The number of nitrogen functional groups attached to an aromatic ring is 1. The van der Waals surface area contributed by atoms with E-state index in [0.717, 1.165) is 17.7 Å². The summed E-state index contributed by atoms with van der Waals surface area (Å²) in [5.74, 6) is 0.216. The molecule has 1 aromatic carbocycles. The first-order chi connectivity index (χ1) is 9.58. The van der Waals surface area contributed by atoms with Crippen molar-refractivity contribution >= 4 is 23.3 Å². The van der Waals surface area contributed by atoms with Gasteiger partial charge in [-0.05, 0) is 37.0 Å². The second-order valence-electron chi connectivity index (χ2n) is 5.29. The van der Waals surface area contributed by atoms with Gasteiger partial charge in [-0.25, -0.2) is 9.69 Å². The third-order valence-electron chi connectivity index (χ3n) is 3.66. The van der Waals surface area contributed by atoms with Crippen molar-refractivity contribution in [1.29, 1.82) is 0 Å². The van der Waals surface area contributed by atoms with Crippen LogP contribution < -0.4 is 16.0 Å². The third kappa shape index (κ3) is 3.50. The summed E-state index contributed by atoms with van der Waals surface area (Å²) in [4.78, 5) is 25.1. The maximum absolute atomic E-state index is 12.2. The number of urea groups is 1. The molecule has 108 valence electrons. The van der Waals surface area contributed by atoms with Gasteiger partial charge in [0.15, 0.2) is 0 Å². The van der Waals surface area contributed by atoms with Crippen LogP contribution in [0.2, 0.25) is 0 Å². The Hall–Kier alpha value is -2.04. The van der Waals surface area contributed by atoms with Crippen LogP contribution >= 0.6 is 0 Å². The quantitative estimate of drug-likeness (QED) is 0.832. The van der Waals surface area contributed by atoms with Crippen LogP contribution in [-0.4, -0.2) is 18.5 Å². The number of benzene rings is 1. The van der Waals surface area contributed by atoms with Crippen molar-refractivity contribution in [2.75, 3.05) is 17.2 Å². The minimum absolute atomic E-state index is 0.320. The molecule has 1 fully saturated rings. The van der Waals surface area contributed by atoms with E-state index in [1.807, 2.05) is 0 Å². The highest BCUT2D eigenvalue weighted by Gasteiger charge is 2.22. The maximum Gasteiger partial charge on any atom is 0.328 e. The monoisotopic (exact) mass is 275 g/mol. The van der Waals surface area contributed by atoms with Gasteiger partial charge in [0.2, 0.25) is 5.91 Å². The Labute approximate surface area is 119 Å². The van der Waals surface area contributed by atoms with E-state index in [1.54, 1.807) is 24.3 Å². The number of hydrogen-bond acceptors (Lipinski definition) is 3. The fourth-order valence-electron chi connectivity index (χ4n) is 2.63. The van der Waals surface area contributed by atoms with Crippen molar-refractivity contribution in [2.24, 2.45) is 5.92 Å². The van der Waals surface area contributed by atoms with Gasteiger partial charge in [-0.2, -0.15) is 0 Å². The van der Waals surface area contributed by atoms with Gasteiger partial charge in [-0.15, -0.1) is 0 Å². The molecule has 0 aromatic heterocycles. The largest absolute Gasteiger partial charge is 0.399 e.